The average Bonchev–Trinajstić information content (AvgIpc) is 2.15. The van der Waals surface area contributed by atoms with Crippen molar-refractivity contribution in [3.63, 3.8) is 0 Å². The van der Waals surface area contributed by atoms with Crippen molar-refractivity contribution in [2.24, 2.45) is 5.92 Å². The van der Waals surface area contributed by atoms with E-state index >= 15 is 0 Å². The summed E-state index contributed by atoms with van der Waals surface area (Å²) in [5, 5.41) is 2.05. The SMILES string of the molecule is CC1CSCC1NN(C)C. The van der Waals surface area contributed by atoms with Gasteiger partial charge in [-0.15, -0.1) is 0 Å². The van der Waals surface area contributed by atoms with Crippen molar-refractivity contribution in [1.82, 2.24) is 10.4 Å². The third-order valence-electron chi connectivity index (χ3n) is 1.79. The van der Waals surface area contributed by atoms with E-state index in [0.717, 1.165) is 5.92 Å². The summed E-state index contributed by atoms with van der Waals surface area (Å²) in [7, 11) is 4.10. The first-order chi connectivity index (χ1) is 4.70. The smallest absolute Gasteiger partial charge is 0.0339 e. The fourth-order valence-electron chi connectivity index (χ4n) is 1.16. The highest BCUT2D eigenvalue weighted by atomic mass is 32.2. The van der Waals surface area contributed by atoms with E-state index in [1.807, 2.05) is 16.8 Å². The molecule has 60 valence electrons. The molecule has 0 aromatic carbocycles. The highest BCUT2D eigenvalue weighted by molar-refractivity contribution is 7.99. The zero-order valence-corrected chi connectivity index (χ0v) is 7.74. The maximum Gasteiger partial charge on any atom is 0.0339 e. The Labute approximate surface area is 67.3 Å². The van der Waals surface area contributed by atoms with Crippen LogP contribution in [0.4, 0.5) is 0 Å². The normalized spacial score (nSPS) is 33.6. The van der Waals surface area contributed by atoms with Gasteiger partial charge in [-0.3, -0.25) is 10.4 Å². The lowest BCUT2D eigenvalue weighted by molar-refractivity contribution is 0.228. The van der Waals surface area contributed by atoms with Crippen LogP contribution in [0.3, 0.4) is 0 Å². The second kappa shape index (κ2) is 3.60. The van der Waals surface area contributed by atoms with E-state index in [1.165, 1.54) is 11.5 Å². The van der Waals surface area contributed by atoms with Gasteiger partial charge in [0.15, 0.2) is 0 Å². The Kier molecular flexibility index (Phi) is 3.01. The van der Waals surface area contributed by atoms with Crippen molar-refractivity contribution in [3.05, 3.63) is 0 Å². The molecule has 1 rings (SSSR count). The topological polar surface area (TPSA) is 15.3 Å². The quantitative estimate of drug-likeness (QED) is 0.602. The van der Waals surface area contributed by atoms with Crippen molar-refractivity contribution in [3.8, 4) is 0 Å². The van der Waals surface area contributed by atoms with Gasteiger partial charge in [0.05, 0.1) is 0 Å². The molecule has 0 saturated carbocycles. The number of nitrogens with zero attached hydrogens (tertiary/aromatic N) is 1. The standard InChI is InChI=1S/C7H16N2S/c1-6-4-10-5-7(6)8-9(2)3/h6-8H,4-5H2,1-3H3. The molecule has 1 aliphatic rings. The van der Waals surface area contributed by atoms with Gasteiger partial charge in [-0.1, -0.05) is 6.92 Å². The molecule has 0 spiro atoms. The molecule has 0 radical (unpaired) electrons. The van der Waals surface area contributed by atoms with E-state index in [-0.39, 0.29) is 0 Å². The molecule has 1 N–H and O–H groups in total. The zero-order chi connectivity index (χ0) is 7.56. The van der Waals surface area contributed by atoms with E-state index in [2.05, 4.69) is 26.4 Å². The molecule has 1 heterocycles. The fourth-order valence-corrected chi connectivity index (χ4v) is 2.55. The highest BCUT2D eigenvalue weighted by Crippen LogP contribution is 2.23. The largest absolute Gasteiger partial charge is 0.252 e. The van der Waals surface area contributed by atoms with Crippen LogP contribution in [0, 0.1) is 5.92 Å². The number of thioether (sulfide) groups is 1. The first-order valence-corrected chi connectivity index (χ1v) is 4.87. The monoisotopic (exact) mass is 160 g/mol. The van der Waals surface area contributed by atoms with E-state index in [4.69, 9.17) is 0 Å². The summed E-state index contributed by atoms with van der Waals surface area (Å²) in [6, 6.07) is 0.694. The second-order valence-corrected chi connectivity index (χ2v) is 4.22. The molecule has 1 aliphatic heterocycles. The van der Waals surface area contributed by atoms with Gasteiger partial charge < -0.3 is 0 Å². The maximum absolute atomic E-state index is 3.40. The Morgan fingerprint density at radius 1 is 1.40 bits per heavy atom. The van der Waals surface area contributed by atoms with Crippen LogP contribution in [0.2, 0.25) is 0 Å². The molecule has 2 atom stereocenters. The van der Waals surface area contributed by atoms with Crippen LogP contribution >= 0.6 is 11.8 Å². The molecule has 2 nitrogen and oxygen atoms in total. The number of hydrogen-bond donors (Lipinski definition) is 1. The molecule has 0 aromatic heterocycles. The van der Waals surface area contributed by atoms with Crippen molar-refractivity contribution < 1.29 is 0 Å². The Hall–Kier alpha value is 0.270. The van der Waals surface area contributed by atoms with Crippen LogP contribution in [0.5, 0.6) is 0 Å². The summed E-state index contributed by atoms with van der Waals surface area (Å²) < 4.78 is 0. The van der Waals surface area contributed by atoms with Gasteiger partial charge in [-0.2, -0.15) is 11.8 Å². The van der Waals surface area contributed by atoms with Crippen LogP contribution in [0.15, 0.2) is 0 Å². The van der Waals surface area contributed by atoms with Gasteiger partial charge in [0.2, 0.25) is 0 Å². The molecular formula is C7H16N2S. The number of hydrogen-bond acceptors (Lipinski definition) is 3. The van der Waals surface area contributed by atoms with Gasteiger partial charge >= 0.3 is 0 Å². The minimum Gasteiger partial charge on any atom is -0.252 e. The summed E-state index contributed by atoms with van der Waals surface area (Å²) in [6.07, 6.45) is 0. The van der Waals surface area contributed by atoms with Gasteiger partial charge in [-0.05, 0) is 11.7 Å². The van der Waals surface area contributed by atoms with Crippen molar-refractivity contribution in [2.45, 2.75) is 13.0 Å². The number of rotatable bonds is 2. The van der Waals surface area contributed by atoms with Crippen LogP contribution in [-0.2, 0) is 0 Å². The van der Waals surface area contributed by atoms with Crippen LogP contribution in [0.25, 0.3) is 0 Å². The molecule has 1 fully saturated rings. The van der Waals surface area contributed by atoms with Crippen molar-refractivity contribution >= 4 is 11.8 Å². The Bertz CT molecular complexity index is 106. The third-order valence-corrected chi connectivity index (χ3v) is 3.15. The first kappa shape index (κ1) is 8.37. The predicted molar refractivity (Wildman–Crippen MR) is 47.1 cm³/mol. The van der Waals surface area contributed by atoms with Crippen LogP contribution in [0.1, 0.15) is 6.92 Å². The molecule has 0 aromatic rings. The lowest BCUT2D eigenvalue weighted by Crippen LogP contribution is -2.42. The Balaban J connectivity index is 2.26. The van der Waals surface area contributed by atoms with E-state index in [0.29, 0.717) is 6.04 Å². The van der Waals surface area contributed by atoms with Gasteiger partial charge in [0, 0.05) is 25.9 Å². The molecule has 1 saturated heterocycles. The summed E-state index contributed by atoms with van der Waals surface area (Å²) in [6.45, 7) is 2.31. The summed E-state index contributed by atoms with van der Waals surface area (Å²) in [5.74, 6) is 3.40. The number of nitrogens with one attached hydrogen (secondary N) is 1. The van der Waals surface area contributed by atoms with Crippen molar-refractivity contribution in [2.75, 3.05) is 25.6 Å². The molecule has 0 amide bonds. The molecule has 2 unspecified atom stereocenters. The van der Waals surface area contributed by atoms with Gasteiger partial charge in [-0.25, -0.2) is 0 Å². The third kappa shape index (κ3) is 2.15. The van der Waals surface area contributed by atoms with Gasteiger partial charge in [0.1, 0.15) is 0 Å². The molecular weight excluding hydrogens is 144 g/mol. The van der Waals surface area contributed by atoms with Gasteiger partial charge in [0.25, 0.3) is 0 Å². The lowest BCUT2D eigenvalue weighted by Gasteiger charge is -2.21. The lowest BCUT2D eigenvalue weighted by atomic mass is 10.1. The summed E-state index contributed by atoms with van der Waals surface area (Å²) in [4.78, 5) is 0. The fraction of sp³-hybridized carbons (Fsp3) is 1.00. The first-order valence-electron chi connectivity index (χ1n) is 3.71. The second-order valence-electron chi connectivity index (χ2n) is 3.14. The summed E-state index contributed by atoms with van der Waals surface area (Å²) in [5.41, 5.74) is 3.40. The Morgan fingerprint density at radius 3 is 2.50 bits per heavy atom. The van der Waals surface area contributed by atoms with Crippen LogP contribution in [-0.4, -0.2) is 36.7 Å². The maximum atomic E-state index is 3.40. The summed E-state index contributed by atoms with van der Waals surface area (Å²) >= 11 is 2.04. The van der Waals surface area contributed by atoms with Crippen LogP contribution < -0.4 is 5.43 Å². The average molecular weight is 160 g/mol. The number of hydrazine groups is 1. The minimum atomic E-state index is 0.694. The van der Waals surface area contributed by atoms with Crippen molar-refractivity contribution in [1.29, 1.82) is 0 Å². The Morgan fingerprint density at radius 2 is 2.10 bits per heavy atom. The van der Waals surface area contributed by atoms with E-state index in [1.54, 1.807) is 0 Å². The predicted octanol–water partition coefficient (Wildman–Crippen LogP) is 0.804. The zero-order valence-electron chi connectivity index (χ0n) is 6.92. The highest BCUT2D eigenvalue weighted by Gasteiger charge is 2.23. The molecule has 0 bridgehead atoms. The van der Waals surface area contributed by atoms with E-state index in [9.17, 15) is 0 Å². The molecule has 3 heteroatoms. The van der Waals surface area contributed by atoms with E-state index < -0.39 is 0 Å². The molecule has 10 heavy (non-hydrogen) atoms. The molecule has 0 aliphatic carbocycles. The minimum absolute atomic E-state index is 0.694.